The summed E-state index contributed by atoms with van der Waals surface area (Å²) in [6, 6.07) is 9.92. The number of carboxylic acid groups (broad SMARTS) is 1. The SMILES string of the molecule is O=C(O)C(C1CCCC1)C(Cc1ccccc1)c1nn[nH]n1. The summed E-state index contributed by atoms with van der Waals surface area (Å²) >= 11 is 0. The molecule has 1 aromatic carbocycles. The van der Waals surface area contributed by atoms with E-state index in [9.17, 15) is 9.90 Å². The van der Waals surface area contributed by atoms with Crippen LogP contribution in [0.4, 0.5) is 0 Å². The number of aromatic amines is 1. The third-order valence-corrected chi connectivity index (χ3v) is 4.62. The van der Waals surface area contributed by atoms with Crippen molar-refractivity contribution in [2.45, 2.75) is 38.0 Å². The van der Waals surface area contributed by atoms with Gasteiger partial charge in [0.1, 0.15) is 0 Å². The van der Waals surface area contributed by atoms with Gasteiger partial charge in [-0.15, -0.1) is 10.2 Å². The van der Waals surface area contributed by atoms with Gasteiger partial charge in [0.25, 0.3) is 0 Å². The van der Waals surface area contributed by atoms with Crippen LogP contribution in [0.3, 0.4) is 0 Å². The monoisotopic (exact) mass is 300 g/mol. The molecule has 0 radical (unpaired) electrons. The highest BCUT2D eigenvalue weighted by Crippen LogP contribution is 2.40. The molecule has 2 unspecified atom stereocenters. The molecule has 2 atom stereocenters. The zero-order valence-electron chi connectivity index (χ0n) is 12.4. The van der Waals surface area contributed by atoms with Gasteiger partial charge in [-0.3, -0.25) is 4.79 Å². The van der Waals surface area contributed by atoms with Gasteiger partial charge >= 0.3 is 5.97 Å². The Morgan fingerprint density at radius 3 is 2.59 bits per heavy atom. The Hall–Kier alpha value is -2.24. The highest BCUT2D eigenvalue weighted by molar-refractivity contribution is 5.71. The fourth-order valence-electron chi connectivity index (χ4n) is 3.59. The van der Waals surface area contributed by atoms with Crippen molar-refractivity contribution in [2.75, 3.05) is 0 Å². The van der Waals surface area contributed by atoms with Crippen LogP contribution >= 0.6 is 0 Å². The smallest absolute Gasteiger partial charge is 0.307 e. The van der Waals surface area contributed by atoms with Crippen LogP contribution in [0.5, 0.6) is 0 Å². The molecule has 6 nitrogen and oxygen atoms in total. The van der Waals surface area contributed by atoms with Crippen molar-refractivity contribution >= 4 is 5.97 Å². The maximum Gasteiger partial charge on any atom is 0.307 e. The molecule has 1 fully saturated rings. The van der Waals surface area contributed by atoms with Gasteiger partial charge in [0.2, 0.25) is 0 Å². The number of aromatic nitrogens is 4. The number of carboxylic acids is 1. The van der Waals surface area contributed by atoms with Crippen LogP contribution in [-0.2, 0) is 11.2 Å². The van der Waals surface area contributed by atoms with E-state index in [0.29, 0.717) is 12.2 Å². The molecule has 116 valence electrons. The molecule has 22 heavy (non-hydrogen) atoms. The first-order valence-corrected chi connectivity index (χ1v) is 7.76. The third-order valence-electron chi connectivity index (χ3n) is 4.62. The molecule has 6 heteroatoms. The topological polar surface area (TPSA) is 91.8 Å². The van der Waals surface area contributed by atoms with Gasteiger partial charge in [0, 0.05) is 5.92 Å². The van der Waals surface area contributed by atoms with E-state index in [-0.39, 0.29) is 11.8 Å². The van der Waals surface area contributed by atoms with Crippen molar-refractivity contribution < 1.29 is 9.90 Å². The lowest BCUT2D eigenvalue weighted by Crippen LogP contribution is -2.30. The lowest BCUT2D eigenvalue weighted by molar-refractivity contribution is -0.144. The fourth-order valence-corrected chi connectivity index (χ4v) is 3.59. The lowest BCUT2D eigenvalue weighted by atomic mass is 9.77. The summed E-state index contributed by atoms with van der Waals surface area (Å²) in [5.74, 6) is -0.757. The first-order valence-electron chi connectivity index (χ1n) is 7.76. The minimum atomic E-state index is -0.752. The largest absolute Gasteiger partial charge is 0.481 e. The van der Waals surface area contributed by atoms with E-state index in [1.807, 2.05) is 30.3 Å². The minimum Gasteiger partial charge on any atom is -0.481 e. The van der Waals surface area contributed by atoms with E-state index in [2.05, 4.69) is 20.6 Å². The number of nitrogens with one attached hydrogen (secondary N) is 1. The Balaban J connectivity index is 1.91. The molecule has 1 aliphatic carbocycles. The van der Waals surface area contributed by atoms with Crippen molar-refractivity contribution in [3.05, 3.63) is 41.7 Å². The Kier molecular flexibility index (Phi) is 4.46. The number of rotatable bonds is 6. The number of tetrazole rings is 1. The van der Waals surface area contributed by atoms with Gasteiger partial charge in [-0.2, -0.15) is 5.21 Å². The van der Waals surface area contributed by atoms with Crippen molar-refractivity contribution in [1.82, 2.24) is 20.6 Å². The Morgan fingerprint density at radius 1 is 1.27 bits per heavy atom. The molecule has 3 rings (SSSR count). The number of nitrogens with zero attached hydrogens (tertiary/aromatic N) is 3. The van der Waals surface area contributed by atoms with E-state index in [1.54, 1.807) is 0 Å². The number of benzene rings is 1. The molecular weight excluding hydrogens is 280 g/mol. The van der Waals surface area contributed by atoms with E-state index in [4.69, 9.17) is 0 Å². The molecule has 0 amide bonds. The third kappa shape index (κ3) is 3.16. The number of H-pyrrole nitrogens is 1. The normalized spacial score (nSPS) is 18.2. The van der Waals surface area contributed by atoms with Gasteiger partial charge in [-0.1, -0.05) is 48.4 Å². The zero-order chi connectivity index (χ0) is 15.4. The van der Waals surface area contributed by atoms with Crippen molar-refractivity contribution in [3.63, 3.8) is 0 Å². The second kappa shape index (κ2) is 6.68. The quantitative estimate of drug-likeness (QED) is 0.854. The van der Waals surface area contributed by atoms with Gasteiger partial charge in [-0.05, 0) is 30.7 Å². The molecule has 1 aromatic heterocycles. The van der Waals surface area contributed by atoms with E-state index in [1.165, 1.54) is 0 Å². The molecule has 1 aliphatic rings. The van der Waals surface area contributed by atoms with Gasteiger partial charge in [-0.25, -0.2) is 0 Å². The second-order valence-corrected chi connectivity index (χ2v) is 5.97. The molecule has 0 aliphatic heterocycles. The number of hydrogen-bond acceptors (Lipinski definition) is 4. The minimum absolute atomic E-state index is 0.199. The molecule has 1 saturated carbocycles. The van der Waals surface area contributed by atoms with Crippen LogP contribution in [-0.4, -0.2) is 31.7 Å². The Labute approximate surface area is 128 Å². The average molecular weight is 300 g/mol. The Morgan fingerprint density at radius 2 is 2.00 bits per heavy atom. The highest BCUT2D eigenvalue weighted by atomic mass is 16.4. The zero-order valence-corrected chi connectivity index (χ0v) is 12.4. The van der Waals surface area contributed by atoms with Crippen molar-refractivity contribution in [1.29, 1.82) is 0 Å². The predicted octanol–water partition coefficient (Wildman–Crippen LogP) is 2.42. The summed E-state index contributed by atoms with van der Waals surface area (Å²) in [4.78, 5) is 11.9. The molecule has 0 bridgehead atoms. The van der Waals surface area contributed by atoms with Gasteiger partial charge < -0.3 is 5.11 Å². The molecular formula is C16H20N4O2. The van der Waals surface area contributed by atoms with Crippen LogP contribution in [0.2, 0.25) is 0 Å². The fraction of sp³-hybridized carbons (Fsp3) is 0.500. The Bertz CT molecular complexity index is 594. The molecule has 0 saturated heterocycles. The lowest BCUT2D eigenvalue weighted by Gasteiger charge is -2.26. The van der Waals surface area contributed by atoms with Crippen molar-refractivity contribution in [2.24, 2.45) is 11.8 Å². The summed E-state index contributed by atoms with van der Waals surface area (Å²) in [5.41, 5.74) is 1.10. The van der Waals surface area contributed by atoms with Crippen LogP contribution in [0.15, 0.2) is 30.3 Å². The molecule has 2 N–H and O–H groups in total. The van der Waals surface area contributed by atoms with Crippen LogP contribution in [0.25, 0.3) is 0 Å². The van der Waals surface area contributed by atoms with Crippen LogP contribution in [0, 0.1) is 11.8 Å². The van der Waals surface area contributed by atoms with E-state index >= 15 is 0 Å². The number of hydrogen-bond donors (Lipinski definition) is 2. The van der Waals surface area contributed by atoms with Crippen molar-refractivity contribution in [3.8, 4) is 0 Å². The van der Waals surface area contributed by atoms with Gasteiger partial charge in [0.15, 0.2) is 5.82 Å². The summed E-state index contributed by atoms with van der Waals surface area (Å²) in [6.07, 6.45) is 4.78. The van der Waals surface area contributed by atoms with E-state index in [0.717, 1.165) is 31.2 Å². The number of carbonyl (C=O) groups is 1. The first kappa shape index (κ1) is 14.7. The molecule has 0 spiro atoms. The maximum atomic E-state index is 11.9. The summed E-state index contributed by atoms with van der Waals surface area (Å²) in [5, 5.41) is 24.0. The standard InChI is InChI=1S/C16H20N4O2/c21-16(22)14(12-8-4-5-9-12)13(15-17-19-20-18-15)10-11-6-2-1-3-7-11/h1-3,6-7,12-14H,4-5,8-10H2,(H,21,22)(H,17,18,19,20). The van der Waals surface area contributed by atoms with Gasteiger partial charge in [0.05, 0.1) is 5.92 Å². The van der Waals surface area contributed by atoms with E-state index < -0.39 is 11.9 Å². The highest BCUT2D eigenvalue weighted by Gasteiger charge is 2.39. The predicted molar refractivity (Wildman–Crippen MR) is 80.1 cm³/mol. The molecule has 1 heterocycles. The summed E-state index contributed by atoms with van der Waals surface area (Å²) in [7, 11) is 0. The second-order valence-electron chi connectivity index (χ2n) is 5.97. The van der Waals surface area contributed by atoms with Crippen LogP contribution in [0.1, 0.15) is 43.0 Å². The van der Waals surface area contributed by atoms with Crippen LogP contribution < -0.4 is 0 Å². The average Bonchev–Trinajstić information content (AvgIpc) is 3.21. The maximum absolute atomic E-state index is 11.9. The molecule has 2 aromatic rings. The summed E-state index contributed by atoms with van der Waals surface area (Å²) in [6.45, 7) is 0. The summed E-state index contributed by atoms with van der Waals surface area (Å²) < 4.78 is 0. The first-order chi connectivity index (χ1) is 10.8. The number of aliphatic carboxylic acids is 1.